The Morgan fingerprint density at radius 2 is 1.83 bits per heavy atom. The molecule has 156 valence electrons. The van der Waals surface area contributed by atoms with E-state index in [1.807, 2.05) is 25.4 Å². The van der Waals surface area contributed by atoms with E-state index in [0.717, 1.165) is 43.5 Å². The lowest BCUT2D eigenvalue weighted by Gasteiger charge is -2.34. The van der Waals surface area contributed by atoms with E-state index in [9.17, 15) is 0 Å². The highest BCUT2D eigenvalue weighted by Crippen LogP contribution is 2.18. The second-order valence-corrected chi connectivity index (χ2v) is 7.79. The van der Waals surface area contributed by atoms with Gasteiger partial charge in [-0.15, -0.1) is 0 Å². The van der Waals surface area contributed by atoms with Crippen molar-refractivity contribution >= 4 is 11.8 Å². The van der Waals surface area contributed by atoms with Crippen LogP contribution in [-0.4, -0.2) is 49.8 Å². The van der Waals surface area contributed by atoms with E-state index < -0.39 is 0 Å². The van der Waals surface area contributed by atoms with Crippen molar-refractivity contribution in [2.45, 2.75) is 45.8 Å². The molecule has 0 saturated carbocycles. The van der Waals surface area contributed by atoms with Gasteiger partial charge in [0.1, 0.15) is 17.7 Å². The van der Waals surface area contributed by atoms with Crippen LogP contribution in [0.1, 0.15) is 30.9 Å². The van der Waals surface area contributed by atoms with Gasteiger partial charge in [0, 0.05) is 32.4 Å². The van der Waals surface area contributed by atoms with Crippen LogP contribution in [0.4, 0.5) is 5.82 Å². The zero-order chi connectivity index (χ0) is 20.6. The van der Waals surface area contributed by atoms with Crippen LogP contribution in [0.5, 0.6) is 5.75 Å². The van der Waals surface area contributed by atoms with Crippen molar-refractivity contribution in [1.82, 2.24) is 15.6 Å². The van der Waals surface area contributed by atoms with Crippen LogP contribution in [0.2, 0.25) is 0 Å². The summed E-state index contributed by atoms with van der Waals surface area (Å²) in [4.78, 5) is 11.3. The van der Waals surface area contributed by atoms with E-state index in [2.05, 4.69) is 70.5 Å². The first-order valence-electron chi connectivity index (χ1n) is 10.4. The number of anilines is 1. The van der Waals surface area contributed by atoms with Gasteiger partial charge in [-0.2, -0.15) is 0 Å². The Labute approximate surface area is 174 Å². The van der Waals surface area contributed by atoms with Crippen LogP contribution in [-0.2, 0) is 0 Å². The number of ether oxygens (including phenoxy) is 1. The van der Waals surface area contributed by atoms with Crippen molar-refractivity contribution in [3.8, 4) is 5.75 Å². The lowest BCUT2D eigenvalue weighted by Crippen LogP contribution is -2.50. The van der Waals surface area contributed by atoms with Crippen LogP contribution >= 0.6 is 0 Å². The van der Waals surface area contributed by atoms with Crippen molar-refractivity contribution < 1.29 is 4.74 Å². The Morgan fingerprint density at radius 3 is 2.45 bits per heavy atom. The SMILES string of the molecule is CN=C(NCC(C)Oc1ccc(C)cc1)NC1CCN(c2ccc(C)cn2)CC1. The van der Waals surface area contributed by atoms with Gasteiger partial charge in [-0.25, -0.2) is 4.98 Å². The fourth-order valence-electron chi connectivity index (χ4n) is 3.42. The first-order valence-corrected chi connectivity index (χ1v) is 10.4. The molecule has 2 aromatic rings. The normalized spacial score (nSPS) is 16.4. The summed E-state index contributed by atoms with van der Waals surface area (Å²) in [7, 11) is 1.81. The van der Waals surface area contributed by atoms with E-state index in [1.165, 1.54) is 11.1 Å². The molecule has 6 nitrogen and oxygen atoms in total. The van der Waals surface area contributed by atoms with Gasteiger partial charge < -0.3 is 20.3 Å². The predicted octanol–water partition coefficient (Wildman–Crippen LogP) is 3.30. The van der Waals surface area contributed by atoms with E-state index in [0.29, 0.717) is 12.6 Å². The largest absolute Gasteiger partial charge is 0.489 e. The van der Waals surface area contributed by atoms with Gasteiger partial charge in [0.15, 0.2) is 5.96 Å². The molecule has 0 bridgehead atoms. The lowest BCUT2D eigenvalue weighted by molar-refractivity contribution is 0.223. The zero-order valence-corrected chi connectivity index (χ0v) is 18.0. The highest BCUT2D eigenvalue weighted by Gasteiger charge is 2.21. The molecule has 2 N–H and O–H groups in total. The first-order chi connectivity index (χ1) is 14.0. The summed E-state index contributed by atoms with van der Waals surface area (Å²) in [6, 6.07) is 12.8. The molecule has 6 heteroatoms. The summed E-state index contributed by atoms with van der Waals surface area (Å²) >= 11 is 0. The Hall–Kier alpha value is -2.76. The molecule has 1 saturated heterocycles. The van der Waals surface area contributed by atoms with E-state index >= 15 is 0 Å². The van der Waals surface area contributed by atoms with E-state index in [-0.39, 0.29) is 6.10 Å². The average molecular weight is 396 g/mol. The summed E-state index contributed by atoms with van der Waals surface area (Å²) in [5.74, 6) is 2.79. The van der Waals surface area contributed by atoms with Gasteiger partial charge in [-0.05, 0) is 57.4 Å². The molecule has 2 heterocycles. The molecule has 0 amide bonds. The fraction of sp³-hybridized carbons (Fsp3) is 0.478. The second kappa shape index (κ2) is 10.1. The summed E-state index contributed by atoms with van der Waals surface area (Å²) in [5.41, 5.74) is 2.43. The molecule has 1 aliphatic rings. The number of pyridine rings is 1. The maximum Gasteiger partial charge on any atom is 0.191 e. The minimum absolute atomic E-state index is 0.0470. The van der Waals surface area contributed by atoms with Crippen LogP contribution in [0.25, 0.3) is 0 Å². The highest BCUT2D eigenvalue weighted by atomic mass is 16.5. The Bertz CT molecular complexity index is 780. The van der Waals surface area contributed by atoms with Gasteiger partial charge in [0.2, 0.25) is 0 Å². The molecule has 1 aromatic heterocycles. The summed E-state index contributed by atoms with van der Waals surface area (Å²) in [5, 5.41) is 6.93. The van der Waals surface area contributed by atoms with Crippen LogP contribution < -0.4 is 20.3 Å². The Kier molecular flexibility index (Phi) is 7.33. The van der Waals surface area contributed by atoms with Crippen molar-refractivity contribution in [3.05, 3.63) is 53.7 Å². The van der Waals surface area contributed by atoms with Crippen molar-refractivity contribution in [3.63, 3.8) is 0 Å². The number of benzene rings is 1. The summed E-state index contributed by atoms with van der Waals surface area (Å²) < 4.78 is 5.97. The minimum Gasteiger partial charge on any atom is -0.489 e. The Morgan fingerprint density at radius 1 is 1.14 bits per heavy atom. The molecule has 0 aliphatic carbocycles. The number of nitrogens with zero attached hydrogens (tertiary/aromatic N) is 3. The molecule has 3 rings (SSSR count). The maximum absolute atomic E-state index is 5.97. The van der Waals surface area contributed by atoms with Gasteiger partial charge in [0.05, 0.1) is 6.54 Å². The molecular weight excluding hydrogens is 362 g/mol. The molecular formula is C23H33N5O. The van der Waals surface area contributed by atoms with Gasteiger partial charge in [-0.3, -0.25) is 4.99 Å². The molecule has 1 fully saturated rings. The molecule has 1 atom stereocenters. The quantitative estimate of drug-likeness (QED) is 0.580. The van der Waals surface area contributed by atoms with E-state index in [1.54, 1.807) is 0 Å². The molecule has 29 heavy (non-hydrogen) atoms. The third-order valence-electron chi connectivity index (χ3n) is 5.19. The number of guanidine groups is 1. The third-order valence-corrected chi connectivity index (χ3v) is 5.19. The van der Waals surface area contributed by atoms with Gasteiger partial charge in [0.25, 0.3) is 0 Å². The lowest BCUT2D eigenvalue weighted by atomic mass is 10.1. The zero-order valence-electron chi connectivity index (χ0n) is 18.0. The molecule has 0 spiro atoms. The number of hydrogen-bond acceptors (Lipinski definition) is 4. The summed E-state index contributed by atoms with van der Waals surface area (Å²) in [6.07, 6.45) is 4.11. The molecule has 1 unspecified atom stereocenters. The number of hydrogen-bond donors (Lipinski definition) is 2. The first kappa shape index (κ1) is 21.0. The minimum atomic E-state index is 0.0470. The highest BCUT2D eigenvalue weighted by molar-refractivity contribution is 5.80. The number of rotatable bonds is 6. The average Bonchev–Trinajstić information content (AvgIpc) is 2.74. The predicted molar refractivity (Wildman–Crippen MR) is 120 cm³/mol. The smallest absolute Gasteiger partial charge is 0.191 e. The van der Waals surface area contributed by atoms with Crippen LogP contribution in [0, 0.1) is 13.8 Å². The molecule has 1 aromatic carbocycles. The van der Waals surface area contributed by atoms with Crippen LogP contribution in [0.15, 0.2) is 47.6 Å². The van der Waals surface area contributed by atoms with Crippen molar-refractivity contribution in [1.29, 1.82) is 0 Å². The number of piperidine rings is 1. The topological polar surface area (TPSA) is 61.8 Å². The number of aliphatic imine (C=N–C) groups is 1. The molecule has 1 aliphatic heterocycles. The second-order valence-electron chi connectivity index (χ2n) is 7.79. The molecule has 0 radical (unpaired) electrons. The van der Waals surface area contributed by atoms with E-state index in [4.69, 9.17) is 4.74 Å². The third kappa shape index (κ3) is 6.38. The fourth-order valence-corrected chi connectivity index (χ4v) is 3.42. The standard InChI is InChI=1S/C23H33N5O/c1-17-5-8-21(9-6-17)29-19(3)16-26-23(24-4)27-20-11-13-28(14-12-20)22-10-7-18(2)15-25-22/h5-10,15,19-20H,11-14,16H2,1-4H3,(H2,24,26,27). The maximum atomic E-state index is 5.97. The Balaban J connectivity index is 1.41. The number of aromatic nitrogens is 1. The van der Waals surface area contributed by atoms with Crippen molar-refractivity contribution in [2.24, 2.45) is 4.99 Å². The van der Waals surface area contributed by atoms with Gasteiger partial charge >= 0.3 is 0 Å². The number of aryl methyl sites for hydroxylation is 2. The monoisotopic (exact) mass is 395 g/mol. The van der Waals surface area contributed by atoms with Crippen molar-refractivity contribution in [2.75, 3.05) is 31.6 Å². The summed E-state index contributed by atoms with van der Waals surface area (Å²) in [6.45, 7) is 8.90. The van der Waals surface area contributed by atoms with Crippen LogP contribution in [0.3, 0.4) is 0 Å². The number of nitrogens with one attached hydrogen (secondary N) is 2. The van der Waals surface area contributed by atoms with Gasteiger partial charge in [-0.1, -0.05) is 23.8 Å².